The molecule has 2 aromatic heterocycles. The summed E-state index contributed by atoms with van der Waals surface area (Å²) in [6, 6.07) is 11.3. The van der Waals surface area contributed by atoms with Crippen LogP contribution in [0.25, 0.3) is 22.5 Å². The number of cyclic esters (lactones) is 1. The van der Waals surface area contributed by atoms with E-state index in [4.69, 9.17) is 14.4 Å². The van der Waals surface area contributed by atoms with Crippen LogP contribution in [0.4, 0.5) is 10.5 Å². The first kappa shape index (κ1) is 19.3. The summed E-state index contributed by atoms with van der Waals surface area (Å²) in [5.41, 5.74) is 5.03. The van der Waals surface area contributed by atoms with Crippen molar-refractivity contribution < 1.29 is 24.0 Å². The average Bonchev–Trinajstić information content (AvgIpc) is 3.47. The molecule has 1 fully saturated rings. The molecule has 5 rings (SSSR count). The van der Waals surface area contributed by atoms with Crippen LogP contribution in [0, 0.1) is 0 Å². The smallest absolute Gasteiger partial charge is 0.415 e. The van der Waals surface area contributed by atoms with Crippen LogP contribution in [0.3, 0.4) is 0 Å². The van der Waals surface area contributed by atoms with Gasteiger partial charge in [-0.1, -0.05) is 17.3 Å². The van der Waals surface area contributed by atoms with E-state index in [1.165, 1.54) is 6.92 Å². The van der Waals surface area contributed by atoms with Crippen LogP contribution in [-0.2, 0) is 22.6 Å². The Morgan fingerprint density at radius 2 is 2.06 bits per heavy atom. The van der Waals surface area contributed by atoms with Crippen LogP contribution < -0.4 is 10.2 Å². The van der Waals surface area contributed by atoms with Crippen LogP contribution in [0.2, 0.25) is 0 Å². The minimum atomic E-state index is -0.382. The summed E-state index contributed by atoms with van der Waals surface area (Å²) in [5, 5.41) is 15.7. The lowest BCUT2D eigenvalue weighted by molar-refractivity contribution is -0.119. The summed E-state index contributed by atoms with van der Waals surface area (Å²) in [6.07, 6.45) is 1.66. The molecule has 0 aliphatic carbocycles. The molecule has 9 heteroatoms. The van der Waals surface area contributed by atoms with Crippen LogP contribution in [0.1, 0.15) is 18.2 Å². The first-order valence-corrected chi connectivity index (χ1v) is 9.94. The molecule has 0 radical (unpaired) electrons. The molecule has 2 aliphatic heterocycles. The number of aliphatic hydroxyl groups excluding tert-OH is 1. The molecule has 0 saturated carbocycles. The fourth-order valence-electron chi connectivity index (χ4n) is 4.10. The lowest BCUT2D eigenvalue weighted by Crippen LogP contribution is -2.40. The first-order chi connectivity index (χ1) is 15.0. The standard InChI is InChI=1S/C22H20N4O5/c1-12(28)23-10-21-20-7-15-6-13(3-5-19(15)26(20)22(29)30-21)14-2-4-17(24-9-14)18-8-16(11-27)31-25-18/h2-6,8-9,20-21,27H,7,10-11H2,1H3,(H,23,28)/t20-,21-/m0/s1. The number of nitrogens with zero attached hydrogens (tertiary/aromatic N) is 3. The van der Waals surface area contributed by atoms with Crippen molar-refractivity contribution >= 4 is 17.7 Å². The topological polar surface area (TPSA) is 118 Å². The first-order valence-electron chi connectivity index (χ1n) is 9.94. The highest BCUT2D eigenvalue weighted by Gasteiger charge is 2.47. The van der Waals surface area contributed by atoms with E-state index < -0.39 is 0 Å². The molecule has 2 amide bonds. The highest BCUT2D eigenvalue weighted by molar-refractivity contribution is 5.94. The Morgan fingerprint density at radius 3 is 2.77 bits per heavy atom. The summed E-state index contributed by atoms with van der Waals surface area (Å²) in [5.74, 6) is 0.233. The van der Waals surface area contributed by atoms with Gasteiger partial charge in [0, 0.05) is 24.8 Å². The number of carbonyl (C=O) groups excluding carboxylic acids is 2. The van der Waals surface area contributed by atoms with Gasteiger partial charge in [-0.05, 0) is 35.7 Å². The molecule has 2 atom stereocenters. The predicted molar refractivity (Wildman–Crippen MR) is 110 cm³/mol. The van der Waals surface area contributed by atoms with Gasteiger partial charge in [-0.15, -0.1) is 0 Å². The molecule has 3 aromatic rings. The lowest BCUT2D eigenvalue weighted by atomic mass is 10.0. The number of pyridine rings is 1. The zero-order valence-corrected chi connectivity index (χ0v) is 16.7. The van der Waals surface area contributed by atoms with Gasteiger partial charge >= 0.3 is 6.09 Å². The summed E-state index contributed by atoms with van der Waals surface area (Å²) >= 11 is 0. The Balaban J connectivity index is 1.37. The normalized spacial score (nSPS) is 19.2. The molecule has 9 nitrogen and oxygen atoms in total. The van der Waals surface area contributed by atoms with Gasteiger partial charge in [0.15, 0.2) is 5.76 Å². The fourth-order valence-corrected chi connectivity index (χ4v) is 4.10. The minimum absolute atomic E-state index is 0.127. The van der Waals surface area contributed by atoms with Gasteiger partial charge in [0.1, 0.15) is 18.4 Å². The number of ether oxygens (including phenoxy) is 1. The molecule has 0 spiro atoms. The number of hydrogen-bond acceptors (Lipinski definition) is 7. The second-order valence-corrected chi connectivity index (χ2v) is 7.61. The zero-order chi connectivity index (χ0) is 21.5. The van der Waals surface area contributed by atoms with E-state index in [1.807, 2.05) is 24.3 Å². The maximum Gasteiger partial charge on any atom is 0.415 e. The van der Waals surface area contributed by atoms with Crippen LogP contribution in [0.15, 0.2) is 47.1 Å². The number of nitrogens with one attached hydrogen (secondary N) is 1. The molecule has 1 saturated heterocycles. The third-order valence-corrected chi connectivity index (χ3v) is 5.60. The number of hydrogen-bond donors (Lipinski definition) is 2. The molecule has 4 heterocycles. The van der Waals surface area contributed by atoms with Gasteiger partial charge in [0.25, 0.3) is 0 Å². The Morgan fingerprint density at radius 1 is 1.23 bits per heavy atom. The van der Waals surface area contributed by atoms with Gasteiger partial charge in [-0.3, -0.25) is 14.7 Å². The maximum absolute atomic E-state index is 12.4. The van der Waals surface area contributed by atoms with Gasteiger partial charge in [0.2, 0.25) is 5.91 Å². The fraction of sp³-hybridized carbons (Fsp3) is 0.273. The van der Waals surface area contributed by atoms with E-state index in [9.17, 15) is 9.59 Å². The summed E-state index contributed by atoms with van der Waals surface area (Å²) < 4.78 is 10.5. The Hall–Kier alpha value is -3.72. The van der Waals surface area contributed by atoms with E-state index in [-0.39, 0.29) is 30.8 Å². The van der Waals surface area contributed by atoms with E-state index in [0.29, 0.717) is 30.1 Å². The second-order valence-electron chi connectivity index (χ2n) is 7.61. The average molecular weight is 420 g/mol. The van der Waals surface area contributed by atoms with Crippen molar-refractivity contribution in [3.8, 4) is 22.5 Å². The number of carbonyl (C=O) groups is 2. The van der Waals surface area contributed by atoms with Gasteiger partial charge < -0.3 is 19.7 Å². The van der Waals surface area contributed by atoms with Crippen molar-refractivity contribution in [2.75, 3.05) is 11.4 Å². The number of amides is 2. The quantitative estimate of drug-likeness (QED) is 0.650. The van der Waals surface area contributed by atoms with Crippen LogP contribution in [-0.4, -0.2) is 45.9 Å². The number of anilines is 1. The Bertz CT molecular complexity index is 1160. The molecule has 1 aromatic carbocycles. The van der Waals surface area contributed by atoms with Gasteiger partial charge in [-0.25, -0.2) is 4.79 Å². The van der Waals surface area contributed by atoms with Crippen molar-refractivity contribution in [3.63, 3.8) is 0 Å². The molecule has 31 heavy (non-hydrogen) atoms. The number of benzene rings is 1. The maximum atomic E-state index is 12.4. The number of rotatable bonds is 5. The number of aromatic nitrogens is 2. The predicted octanol–water partition coefficient (Wildman–Crippen LogP) is 2.28. The zero-order valence-electron chi connectivity index (χ0n) is 16.7. The summed E-state index contributed by atoms with van der Waals surface area (Å²) in [4.78, 5) is 29.7. The molecule has 158 valence electrons. The SMILES string of the molecule is CC(=O)NC[C@@H]1OC(=O)N2c3ccc(-c4ccc(-c5cc(CO)on5)nc4)cc3C[C@@H]12. The molecular weight excluding hydrogens is 400 g/mol. The van der Waals surface area contributed by atoms with Gasteiger partial charge in [0.05, 0.1) is 24.0 Å². The van der Waals surface area contributed by atoms with Crippen LogP contribution >= 0.6 is 0 Å². The summed E-state index contributed by atoms with van der Waals surface area (Å²) in [7, 11) is 0. The highest BCUT2D eigenvalue weighted by atomic mass is 16.6. The van der Waals surface area contributed by atoms with E-state index in [0.717, 1.165) is 22.4 Å². The largest absolute Gasteiger partial charge is 0.442 e. The Labute approximate surface area is 177 Å². The van der Waals surface area contributed by atoms with Gasteiger partial charge in [-0.2, -0.15) is 0 Å². The molecule has 2 N–H and O–H groups in total. The number of fused-ring (bicyclic) bond motifs is 3. The van der Waals surface area contributed by atoms with Crippen molar-refractivity contribution in [3.05, 3.63) is 53.9 Å². The third-order valence-electron chi connectivity index (χ3n) is 5.60. The van der Waals surface area contributed by atoms with E-state index in [2.05, 4.69) is 21.5 Å². The van der Waals surface area contributed by atoms with E-state index in [1.54, 1.807) is 17.2 Å². The summed E-state index contributed by atoms with van der Waals surface area (Å²) in [6.45, 7) is 1.53. The minimum Gasteiger partial charge on any atom is -0.442 e. The third kappa shape index (κ3) is 3.42. The van der Waals surface area contributed by atoms with Crippen molar-refractivity contribution in [2.24, 2.45) is 0 Å². The van der Waals surface area contributed by atoms with Crippen LogP contribution in [0.5, 0.6) is 0 Å². The lowest BCUT2D eigenvalue weighted by Gasteiger charge is -2.16. The molecule has 2 aliphatic rings. The monoisotopic (exact) mass is 420 g/mol. The Kier molecular flexibility index (Phi) is 4.67. The van der Waals surface area contributed by atoms with Crippen molar-refractivity contribution in [1.29, 1.82) is 0 Å². The van der Waals surface area contributed by atoms with E-state index >= 15 is 0 Å². The highest BCUT2D eigenvalue weighted by Crippen LogP contribution is 2.40. The van der Waals surface area contributed by atoms with Crippen molar-refractivity contribution in [2.45, 2.75) is 32.1 Å². The molecule has 0 unspecified atom stereocenters. The number of aliphatic hydroxyl groups is 1. The second kappa shape index (κ2) is 7.51. The molecular formula is C22H20N4O5. The van der Waals surface area contributed by atoms with Crippen molar-refractivity contribution in [1.82, 2.24) is 15.5 Å². The molecule has 0 bridgehead atoms.